The number of carbonyl (C=O) groups is 1. The minimum Gasteiger partial charge on any atom is -0.312 e. The maximum Gasteiger partial charge on any atom is 0.227 e. The summed E-state index contributed by atoms with van der Waals surface area (Å²) in [5, 5.41) is 0. The summed E-state index contributed by atoms with van der Waals surface area (Å²) in [7, 11) is 0. The number of nitrogens with zero attached hydrogens (tertiary/aromatic N) is 2. The van der Waals surface area contributed by atoms with Crippen LogP contribution in [-0.2, 0) is 17.6 Å². The summed E-state index contributed by atoms with van der Waals surface area (Å²) in [6.45, 7) is 0.892. The van der Waals surface area contributed by atoms with E-state index < -0.39 is 0 Å². The van der Waals surface area contributed by atoms with Gasteiger partial charge in [-0.05, 0) is 30.4 Å². The van der Waals surface area contributed by atoms with Gasteiger partial charge in [0.05, 0.1) is 5.69 Å². The van der Waals surface area contributed by atoms with E-state index in [0.29, 0.717) is 6.42 Å². The van der Waals surface area contributed by atoms with Crippen molar-refractivity contribution in [2.45, 2.75) is 25.7 Å². The molecule has 3 heterocycles. The van der Waals surface area contributed by atoms with Crippen LogP contribution in [0.1, 0.15) is 24.0 Å². The van der Waals surface area contributed by atoms with Crippen LogP contribution in [0, 0.1) is 0 Å². The van der Waals surface area contributed by atoms with Crippen LogP contribution < -0.4 is 4.90 Å². The fourth-order valence-electron chi connectivity index (χ4n) is 2.42. The van der Waals surface area contributed by atoms with Crippen molar-refractivity contribution in [3.8, 4) is 0 Å². The third-order valence-electron chi connectivity index (χ3n) is 3.08. The molecule has 0 radical (unpaired) electrons. The molecule has 0 bridgehead atoms. The van der Waals surface area contributed by atoms with E-state index in [4.69, 9.17) is 0 Å². The molecule has 3 rings (SSSR count). The number of aromatic nitrogens is 1. The molecule has 1 aromatic heterocycles. The molecule has 0 aliphatic carbocycles. The predicted molar refractivity (Wildman–Crippen MR) is 53.2 cm³/mol. The number of anilines is 1. The molecule has 14 heavy (non-hydrogen) atoms. The Morgan fingerprint density at radius 1 is 1.14 bits per heavy atom. The SMILES string of the molecule is O=C1CCc2cncc3c2N1CCC3. The highest BCUT2D eigenvalue weighted by Gasteiger charge is 2.28. The van der Waals surface area contributed by atoms with Crippen molar-refractivity contribution >= 4 is 11.6 Å². The Hall–Kier alpha value is -1.38. The van der Waals surface area contributed by atoms with Gasteiger partial charge in [0.2, 0.25) is 5.91 Å². The van der Waals surface area contributed by atoms with Crippen LogP contribution >= 0.6 is 0 Å². The van der Waals surface area contributed by atoms with Gasteiger partial charge in [-0.3, -0.25) is 9.78 Å². The van der Waals surface area contributed by atoms with Gasteiger partial charge in [0.15, 0.2) is 0 Å². The lowest BCUT2D eigenvalue weighted by atomic mass is 9.94. The van der Waals surface area contributed by atoms with Gasteiger partial charge in [-0.2, -0.15) is 0 Å². The van der Waals surface area contributed by atoms with Crippen LogP contribution in [0.25, 0.3) is 0 Å². The average molecular weight is 188 g/mol. The molecule has 0 saturated carbocycles. The largest absolute Gasteiger partial charge is 0.312 e. The third-order valence-corrected chi connectivity index (χ3v) is 3.08. The van der Waals surface area contributed by atoms with Crippen LogP contribution in [0.2, 0.25) is 0 Å². The van der Waals surface area contributed by atoms with E-state index in [0.717, 1.165) is 25.8 Å². The molecular formula is C11H12N2O. The highest BCUT2D eigenvalue weighted by atomic mass is 16.2. The van der Waals surface area contributed by atoms with Gasteiger partial charge < -0.3 is 4.90 Å². The van der Waals surface area contributed by atoms with Crippen molar-refractivity contribution in [1.82, 2.24) is 4.98 Å². The van der Waals surface area contributed by atoms with E-state index in [2.05, 4.69) is 4.98 Å². The highest BCUT2D eigenvalue weighted by Crippen LogP contribution is 2.34. The fraction of sp³-hybridized carbons (Fsp3) is 0.455. The van der Waals surface area contributed by atoms with Crippen molar-refractivity contribution in [3.63, 3.8) is 0 Å². The Morgan fingerprint density at radius 2 is 1.93 bits per heavy atom. The number of amides is 1. The zero-order valence-electron chi connectivity index (χ0n) is 7.99. The molecule has 3 nitrogen and oxygen atoms in total. The summed E-state index contributed by atoms with van der Waals surface area (Å²) in [6, 6.07) is 0. The van der Waals surface area contributed by atoms with Gasteiger partial charge >= 0.3 is 0 Å². The maximum absolute atomic E-state index is 11.7. The van der Waals surface area contributed by atoms with Crippen molar-refractivity contribution in [2.24, 2.45) is 0 Å². The van der Waals surface area contributed by atoms with Crippen molar-refractivity contribution in [3.05, 3.63) is 23.5 Å². The molecule has 1 aromatic rings. The zero-order chi connectivity index (χ0) is 9.54. The van der Waals surface area contributed by atoms with E-state index in [-0.39, 0.29) is 5.91 Å². The highest BCUT2D eigenvalue weighted by molar-refractivity contribution is 5.97. The second kappa shape index (κ2) is 2.80. The summed E-state index contributed by atoms with van der Waals surface area (Å²) >= 11 is 0. The number of rotatable bonds is 0. The number of carbonyl (C=O) groups excluding carboxylic acids is 1. The standard InChI is InChI=1S/C11H12N2O/c14-10-4-3-9-7-12-6-8-2-1-5-13(10)11(8)9/h6-7H,1-5H2. The lowest BCUT2D eigenvalue weighted by Gasteiger charge is -2.34. The van der Waals surface area contributed by atoms with Crippen molar-refractivity contribution in [2.75, 3.05) is 11.4 Å². The number of pyridine rings is 1. The molecule has 0 spiro atoms. The van der Waals surface area contributed by atoms with Crippen LogP contribution in [0.4, 0.5) is 5.69 Å². The van der Waals surface area contributed by atoms with Crippen LogP contribution in [0.3, 0.4) is 0 Å². The molecule has 3 heteroatoms. The van der Waals surface area contributed by atoms with E-state index in [1.54, 1.807) is 0 Å². The Labute approximate surface area is 82.8 Å². The van der Waals surface area contributed by atoms with Gasteiger partial charge in [0.25, 0.3) is 0 Å². The molecule has 72 valence electrons. The quantitative estimate of drug-likeness (QED) is 0.615. The summed E-state index contributed by atoms with van der Waals surface area (Å²) in [4.78, 5) is 17.8. The van der Waals surface area contributed by atoms with Crippen LogP contribution in [-0.4, -0.2) is 17.4 Å². The molecule has 0 saturated heterocycles. The maximum atomic E-state index is 11.7. The molecule has 2 aliphatic rings. The molecule has 0 aromatic carbocycles. The monoisotopic (exact) mass is 188 g/mol. The first kappa shape index (κ1) is 7.97. The first-order valence-corrected chi connectivity index (χ1v) is 5.12. The lowest BCUT2D eigenvalue weighted by Crippen LogP contribution is -2.39. The average Bonchev–Trinajstić information content (AvgIpc) is 2.24. The molecule has 0 fully saturated rings. The fourth-order valence-corrected chi connectivity index (χ4v) is 2.42. The number of aryl methyl sites for hydroxylation is 2. The van der Waals surface area contributed by atoms with E-state index in [1.807, 2.05) is 17.3 Å². The minimum absolute atomic E-state index is 0.282. The van der Waals surface area contributed by atoms with Crippen molar-refractivity contribution in [1.29, 1.82) is 0 Å². The minimum atomic E-state index is 0.282. The Balaban J connectivity index is 2.21. The topological polar surface area (TPSA) is 33.2 Å². The van der Waals surface area contributed by atoms with Gasteiger partial charge in [-0.1, -0.05) is 0 Å². The predicted octanol–water partition coefficient (Wildman–Crippen LogP) is 1.31. The van der Waals surface area contributed by atoms with E-state index >= 15 is 0 Å². The van der Waals surface area contributed by atoms with Gasteiger partial charge in [-0.15, -0.1) is 0 Å². The molecule has 0 unspecified atom stereocenters. The normalized spacial score (nSPS) is 19.4. The molecule has 1 amide bonds. The van der Waals surface area contributed by atoms with Gasteiger partial charge in [0.1, 0.15) is 0 Å². The van der Waals surface area contributed by atoms with Crippen molar-refractivity contribution < 1.29 is 4.79 Å². The second-order valence-corrected chi connectivity index (χ2v) is 3.96. The summed E-state index contributed by atoms with van der Waals surface area (Å²) in [5.41, 5.74) is 3.67. The molecular weight excluding hydrogens is 176 g/mol. The number of hydrogen-bond acceptors (Lipinski definition) is 2. The van der Waals surface area contributed by atoms with Crippen LogP contribution in [0.5, 0.6) is 0 Å². The smallest absolute Gasteiger partial charge is 0.227 e. The molecule has 2 aliphatic heterocycles. The second-order valence-electron chi connectivity index (χ2n) is 3.96. The molecule has 0 atom stereocenters. The summed E-state index contributed by atoms with van der Waals surface area (Å²) in [6.07, 6.45) is 7.47. The van der Waals surface area contributed by atoms with Gasteiger partial charge in [0, 0.05) is 25.4 Å². The lowest BCUT2D eigenvalue weighted by molar-refractivity contribution is -0.119. The summed E-state index contributed by atoms with van der Waals surface area (Å²) in [5.74, 6) is 0.282. The van der Waals surface area contributed by atoms with E-state index in [9.17, 15) is 4.79 Å². The van der Waals surface area contributed by atoms with Crippen LogP contribution in [0.15, 0.2) is 12.4 Å². The molecule has 0 N–H and O–H groups in total. The third kappa shape index (κ3) is 0.983. The summed E-state index contributed by atoms with van der Waals surface area (Å²) < 4.78 is 0. The Bertz CT molecular complexity index is 386. The Kier molecular flexibility index (Phi) is 1.60. The first-order chi connectivity index (χ1) is 6.86. The Morgan fingerprint density at radius 3 is 2.79 bits per heavy atom. The zero-order valence-corrected chi connectivity index (χ0v) is 7.99. The van der Waals surface area contributed by atoms with E-state index in [1.165, 1.54) is 16.8 Å². The number of hydrogen-bond donors (Lipinski definition) is 0. The first-order valence-electron chi connectivity index (χ1n) is 5.12. The van der Waals surface area contributed by atoms with Gasteiger partial charge in [-0.25, -0.2) is 0 Å².